The second-order valence-electron chi connectivity index (χ2n) is 5.52. The lowest BCUT2D eigenvalue weighted by molar-refractivity contribution is 0.113. The molecule has 102 valence electrons. The number of aliphatic hydroxyl groups is 1. The SMILES string of the molecule is NCC(c1cccs1)C(O)CC1CCCCCC1. The van der Waals surface area contributed by atoms with Gasteiger partial charge in [-0.05, 0) is 23.8 Å². The molecule has 0 aliphatic heterocycles. The molecule has 1 saturated carbocycles. The molecule has 0 saturated heterocycles. The lowest BCUT2D eigenvalue weighted by Crippen LogP contribution is -2.27. The van der Waals surface area contributed by atoms with Crippen LogP contribution in [0.15, 0.2) is 17.5 Å². The summed E-state index contributed by atoms with van der Waals surface area (Å²) in [5, 5.41) is 12.5. The summed E-state index contributed by atoms with van der Waals surface area (Å²) in [5.41, 5.74) is 5.85. The Morgan fingerprint density at radius 1 is 1.28 bits per heavy atom. The predicted octanol–water partition coefficient (Wildman–Crippen LogP) is 3.51. The van der Waals surface area contributed by atoms with Crippen molar-refractivity contribution in [1.29, 1.82) is 0 Å². The summed E-state index contributed by atoms with van der Waals surface area (Å²) in [6, 6.07) is 4.14. The summed E-state index contributed by atoms with van der Waals surface area (Å²) < 4.78 is 0. The Kier molecular flexibility index (Phi) is 5.67. The van der Waals surface area contributed by atoms with Crippen molar-refractivity contribution in [2.45, 2.75) is 57.0 Å². The van der Waals surface area contributed by atoms with Crippen LogP contribution in [0.2, 0.25) is 0 Å². The molecule has 0 aromatic carbocycles. The standard InChI is InChI=1S/C15H25NOS/c16-11-13(15-8-5-9-18-15)14(17)10-12-6-3-1-2-4-7-12/h5,8-9,12-14,17H,1-4,6-7,10-11,16H2. The van der Waals surface area contributed by atoms with E-state index in [4.69, 9.17) is 5.73 Å². The first-order valence-electron chi connectivity index (χ1n) is 7.22. The van der Waals surface area contributed by atoms with Crippen LogP contribution in [0.4, 0.5) is 0 Å². The number of thiophene rings is 1. The van der Waals surface area contributed by atoms with Crippen LogP contribution in [0.5, 0.6) is 0 Å². The van der Waals surface area contributed by atoms with E-state index < -0.39 is 0 Å². The molecule has 1 fully saturated rings. The molecule has 0 bridgehead atoms. The highest BCUT2D eigenvalue weighted by Crippen LogP contribution is 2.31. The van der Waals surface area contributed by atoms with Gasteiger partial charge in [-0.3, -0.25) is 0 Å². The maximum Gasteiger partial charge on any atom is 0.0631 e. The summed E-state index contributed by atoms with van der Waals surface area (Å²) in [4.78, 5) is 1.23. The highest BCUT2D eigenvalue weighted by Gasteiger charge is 2.24. The lowest BCUT2D eigenvalue weighted by Gasteiger charge is -2.24. The van der Waals surface area contributed by atoms with Gasteiger partial charge in [0, 0.05) is 17.3 Å². The number of rotatable bonds is 5. The average Bonchev–Trinajstić information content (AvgIpc) is 2.76. The minimum absolute atomic E-state index is 0.133. The Bertz CT molecular complexity index is 317. The highest BCUT2D eigenvalue weighted by molar-refractivity contribution is 7.10. The van der Waals surface area contributed by atoms with E-state index in [9.17, 15) is 5.11 Å². The van der Waals surface area contributed by atoms with Gasteiger partial charge in [0.2, 0.25) is 0 Å². The van der Waals surface area contributed by atoms with Crippen LogP contribution in [0, 0.1) is 5.92 Å². The first kappa shape index (κ1) is 14.0. The molecule has 3 heteroatoms. The third-order valence-corrected chi connectivity index (χ3v) is 5.18. The predicted molar refractivity (Wildman–Crippen MR) is 77.9 cm³/mol. The second kappa shape index (κ2) is 7.27. The van der Waals surface area contributed by atoms with E-state index in [1.54, 1.807) is 11.3 Å². The molecule has 2 atom stereocenters. The number of nitrogens with two attached hydrogens (primary N) is 1. The first-order chi connectivity index (χ1) is 8.81. The molecule has 0 amide bonds. The number of hydrogen-bond acceptors (Lipinski definition) is 3. The van der Waals surface area contributed by atoms with Crippen LogP contribution < -0.4 is 5.73 Å². The van der Waals surface area contributed by atoms with Crippen molar-refractivity contribution in [3.8, 4) is 0 Å². The molecule has 18 heavy (non-hydrogen) atoms. The molecule has 1 aliphatic carbocycles. The van der Waals surface area contributed by atoms with Crippen molar-refractivity contribution in [1.82, 2.24) is 0 Å². The van der Waals surface area contributed by atoms with Crippen molar-refractivity contribution in [2.24, 2.45) is 11.7 Å². The fourth-order valence-corrected chi connectivity index (χ4v) is 3.97. The normalized spacial score (nSPS) is 21.4. The van der Waals surface area contributed by atoms with E-state index in [1.165, 1.54) is 43.4 Å². The van der Waals surface area contributed by atoms with Crippen LogP contribution in [-0.2, 0) is 0 Å². The van der Waals surface area contributed by atoms with E-state index in [2.05, 4.69) is 11.4 Å². The molecular weight excluding hydrogens is 242 g/mol. The Balaban J connectivity index is 1.90. The third kappa shape index (κ3) is 3.81. The summed E-state index contributed by atoms with van der Waals surface area (Å²) in [6.45, 7) is 0.550. The van der Waals surface area contributed by atoms with E-state index in [-0.39, 0.29) is 12.0 Å². The van der Waals surface area contributed by atoms with E-state index in [0.717, 1.165) is 6.42 Å². The van der Waals surface area contributed by atoms with Gasteiger partial charge in [0.15, 0.2) is 0 Å². The quantitative estimate of drug-likeness (QED) is 0.802. The van der Waals surface area contributed by atoms with Gasteiger partial charge in [-0.25, -0.2) is 0 Å². The van der Waals surface area contributed by atoms with Gasteiger partial charge in [-0.15, -0.1) is 11.3 Å². The zero-order valence-electron chi connectivity index (χ0n) is 11.1. The van der Waals surface area contributed by atoms with Crippen LogP contribution in [0.25, 0.3) is 0 Å². The van der Waals surface area contributed by atoms with Gasteiger partial charge < -0.3 is 10.8 Å². The number of aliphatic hydroxyl groups excluding tert-OH is 1. The van der Waals surface area contributed by atoms with Gasteiger partial charge >= 0.3 is 0 Å². The third-order valence-electron chi connectivity index (χ3n) is 4.18. The number of hydrogen-bond donors (Lipinski definition) is 2. The molecular formula is C15H25NOS. The van der Waals surface area contributed by atoms with Crippen LogP contribution in [0.3, 0.4) is 0 Å². The van der Waals surface area contributed by atoms with E-state index >= 15 is 0 Å². The van der Waals surface area contributed by atoms with Gasteiger partial charge in [-0.2, -0.15) is 0 Å². The summed E-state index contributed by atoms with van der Waals surface area (Å²) in [7, 11) is 0. The fraction of sp³-hybridized carbons (Fsp3) is 0.733. The van der Waals surface area contributed by atoms with E-state index in [0.29, 0.717) is 12.5 Å². The van der Waals surface area contributed by atoms with E-state index in [1.807, 2.05) is 6.07 Å². The largest absolute Gasteiger partial charge is 0.392 e. The van der Waals surface area contributed by atoms with Crippen molar-refractivity contribution in [3.63, 3.8) is 0 Å². The average molecular weight is 267 g/mol. The molecule has 1 aliphatic rings. The molecule has 1 heterocycles. The Hall–Kier alpha value is -0.380. The summed E-state index contributed by atoms with van der Waals surface area (Å²) in [6.07, 6.45) is 8.66. The summed E-state index contributed by atoms with van der Waals surface area (Å²) in [5.74, 6) is 0.838. The van der Waals surface area contributed by atoms with Gasteiger partial charge in [0.1, 0.15) is 0 Å². The molecule has 3 N–H and O–H groups in total. The maximum atomic E-state index is 10.5. The zero-order valence-corrected chi connectivity index (χ0v) is 11.9. The van der Waals surface area contributed by atoms with Crippen molar-refractivity contribution < 1.29 is 5.11 Å². The molecule has 0 radical (unpaired) electrons. The van der Waals surface area contributed by atoms with Crippen molar-refractivity contribution in [2.75, 3.05) is 6.54 Å². The first-order valence-corrected chi connectivity index (χ1v) is 8.10. The molecule has 1 aromatic heterocycles. The van der Waals surface area contributed by atoms with Crippen molar-refractivity contribution >= 4 is 11.3 Å². The van der Waals surface area contributed by atoms with Gasteiger partial charge in [-0.1, -0.05) is 44.6 Å². The Morgan fingerprint density at radius 3 is 2.56 bits per heavy atom. The van der Waals surface area contributed by atoms with Gasteiger partial charge in [0.05, 0.1) is 6.10 Å². The molecule has 1 aromatic rings. The molecule has 0 spiro atoms. The second-order valence-corrected chi connectivity index (χ2v) is 6.50. The minimum atomic E-state index is -0.267. The topological polar surface area (TPSA) is 46.2 Å². The minimum Gasteiger partial charge on any atom is -0.392 e. The zero-order chi connectivity index (χ0) is 12.8. The van der Waals surface area contributed by atoms with Crippen LogP contribution >= 0.6 is 11.3 Å². The maximum absolute atomic E-state index is 10.5. The smallest absolute Gasteiger partial charge is 0.0631 e. The Morgan fingerprint density at radius 2 is 2.00 bits per heavy atom. The Labute approximate surface area is 114 Å². The molecule has 2 rings (SSSR count). The monoisotopic (exact) mass is 267 g/mol. The van der Waals surface area contributed by atoms with Crippen LogP contribution in [-0.4, -0.2) is 17.8 Å². The molecule has 2 unspecified atom stereocenters. The molecule has 2 nitrogen and oxygen atoms in total. The fourth-order valence-electron chi connectivity index (χ4n) is 3.07. The van der Waals surface area contributed by atoms with Crippen LogP contribution in [0.1, 0.15) is 55.7 Å². The lowest BCUT2D eigenvalue weighted by atomic mass is 9.88. The van der Waals surface area contributed by atoms with Gasteiger partial charge in [0.25, 0.3) is 0 Å². The van der Waals surface area contributed by atoms with Crippen molar-refractivity contribution in [3.05, 3.63) is 22.4 Å². The summed E-state index contributed by atoms with van der Waals surface area (Å²) >= 11 is 1.71. The highest BCUT2D eigenvalue weighted by atomic mass is 32.1.